The molecule has 4 nitrogen and oxygen atoms in total. The van der Waals surface area contributed by atoms with Crippen LogP contribution >= 0.6 is 23.2 Å². The van der Waals surface area contributed by atoms with Crippen molar-refractivity contribution in [3.05, 3.63) is 93.5 Å². The number of ketones is 1. The smallest absolute Gasteiger partial charge is 0.320 e. The largest absolute Gasteiger partial charge is 0.465 e. The molecule has 4 aromatic rings. The lowest BCUT2D eigenvalue weighted by atomic mass is 9.80. The number of carbonyl (C=O) groups excluding carboxylic acids is 2. The van der Waals surface area contributed by atoms with Crippen molar-refractivity contribution >= 4 is 45.7 Å². The minimum atomic E-state index is -1.32. The number of hydrogen-bond acceptors (Lipinski definition) is 4. The summed E-state index contributed by atoms with van der Waals surface area (Å²) in [6.07, 6.45) is 0.437. The number of ether oxygens (including phenoxy) is 1. The standard InChI is InChI=1S/C31H23Cl2NO3/c1-3-37-30(36)31(18(2)35)15-26-27(16-31)29(21-7-11-23(33)12-8-21)25-14-19(17-34)4-13-24(25)28(26)20-5-9-22(32)10-6-20/h4-14H,3,15-16H2,1-2H3. The van der Waals surface area contributed by atoms with Crippen molar-refractivity contribution in [2.75, 3.05) is 6.61 Å². The van der Waals surface area contributed by atoms with Crippen molar-refractivity contribution in [3.63, 3.8) is 0 Å². The van der Waals surface area contributed by atoms with Gasteiger partial charge >= 0.3 is 5.97 Å². The highest BCUT2D eigenvalue weighted by Crippen LogP contribution is 2.51. The molecule has 0 aromatic heterocycles. The van der Waals surface area contributed by atoms with Crippen LogP contribution in [0, 0.1) is 16.7 Å². The predicted molar refractivity (Wildman–Crippen MR) is 147 cm³/mol. The molecule has 184 valence electrons. The van der Waals surface area contributed by atoms with Crippen LogP contribution < -0.4 is 0 Å². The van der Waals surface area contributed by atoms with Gasteiger partial charge in [0.05, 0.1) is 18.2 Å². The molecule has 0 aliphatic heterocycles. The van der Waals surface area contributed by atoms with Crippen LogP contribution in [0.15, 0.2) is 66.7 Å². The van der Waals surface area contributed by atoms with Crippen molar-refractivity contribution in [2.45, 2.75) is 26.7 Å². The zero-order valence-corrected chi connectivity index (χ0v) is 21.9. The van der Waals surface area contributed by atoms with Crippen molar-refractivity contribution in [1.82, 2.24) is 0 Å². The van der Waals surface area contributed by atoms with E-state index in [0.717, 1.165) is 44.2 Å². The maximum Gasteiger partial charge on any atom is 0.320 e. The summed E-state index contributed by atoms with van der Waals surface area (Å²) in [4.78, 5) is 26.5. The third-order valence-electron chi connectivity index (χ3n) is 7.22. The van der Waals surface area contributed by atoms with E-state index in [2.05, 4.69) is 6.07 Å². The monoisotopic (exact) mass is 527 g/mol. The molecule has 0 heterocycles. The van der Waals surface area contributed by atoms with Gasteiger partial charge in [-0.3, -0.25) is 9.59 Å². The number of fused-ring (bicyclic) bond motifs is 2. The first-order valence-electron chi connectivity index (χ1n) is 12.0. The number of carbonyl (C=O) groups is 2. The van der Waals surface area contributed by atoms with Gasteiger partial charge in [0.25, 0.3) is 0 Å². The number of rotatable bonds is 5. The molecular weight excluding hydrogens is 505 g/mol. The molecule has 4 aromatic carbocycles. The number of Topliss-reactive ketones (excluding diaryl/α,β-unsaturated/α-hetero) is 1. The number of benzene rings is 4. The lowest BCUT2D eigenvalue weighted by Crippen LogP contribution is -2.40. The first-order chi connectivity index (χ1) is 17.8. The first-order valence-corrected chi connectivity index (χ1v) is 12.8. The Labute approximate surface area is 225 Å². The van der Waals surface area contributed by atoms with E-state index in [1.165, 1.54) is 6.92 Å². The van der Waals surface area contributed by atoms with Gasteiger partial charge in [-0.25, -0.2) is 0 Å². The van der Waals surface area contributed by atoms with Crippen LogP contribution in [-0.2, 0) is 27.2 Å². The SMILES string of the molecule is CCOC(=O)C1(C(C)=O)Cc2c(c(-c3ccc(Cl)cc3)c3cc(C#N)ccc3c2-c2ccc(Cl)cc2)C1. The molecule has 0 bridgehead atoms. The van der Waals surface area contributed by atoms with Crippen LogP contribution in [0.2, 0.25) is 10.0 Å². The highest BCUT2D eigenvalue weighted by molar-refractivity contribution is 6.31. The lowest BCUT2D eigenvalue weighted by Gasteiger charge is -2.23. The molecule has 1 atom stereocenters. The zero-order valence-electron chi connectivity index (χ0n) is 20.4. The molecule has 1 aliphatic carbocycles. The maximum absolute atomic E-state index is 13.3. The minimum absolute atomic E-state index is 0.186. The van der Waals surface area contributed by atoms with E-state index >= 15 is 0 Å². The molecule has 1 unspecified atom stereocenters. The van der Waals surface area contributed by atoms with Gasteiger partial charge in [-0.15, -0.1) is 0 Å². The number of esters is 1. The first kappa shape index (κ1) is 25.0. The fraction of sp³-hybridized carbons (Fsp3) is 0.194. The molecule has 0 saturated carbocycles. The summed E-state index contributed by atoms with van der Waals surface area (Å²) < 4.78 is 5.44. The van der Waals surface area contributed by atoms with Gasteiger partial charge in [-0.1, -0.05) is 53.5 Å². The number of nitriles is 1. The Kier molecular flexibility index (Phi) is 6.54. The molecular formula is C31H23Cl2NO3. The van der Waals surface area contributed by atoms with Gasteiger partial charge in [0.2, 0.25) is 0 Å². The molecule has 0 saturated heterocycles. The summed E-state index contributed by atoms with van der Waals surface area (Å²) >= 11 is 12.4. The second-order valence-electron chi connectivity index (χ2n) is 9.31. The Morgan fingerprint density at radius 1 is 0.865 bits per heavy atom. The summed E-state index contributed by atoms with van der Waals surface area (Å²) in [7, 11) is 0. The molecule has 5 rings (SSSR count). The van der Waals surface area contributed by atoms with E-state index < -0.39 is 11.4 Å². The Balaban J connectivity index is 1.92. The minimum Gasteiger partial charge on any atom is -0.465 e. The second kappa shape index (κ2) is 9.67. The Morgan fingerprint density at radius 2 is 1.38 bits per heavy atom. The maximum atomic E-state index is 13.3. The predicted octanol–water partition coefficient (Wildman–Crippen LogP) is 7.59. The Hall–Kier alpha value is -3.65. The van der Waals surface area contributed by atoms with Crippen LogP contribution in [0.25, 0.3) is 33.0 Å². The topological polar surface area (TPSA) is 67.2 Å². The van der Waals surface area contributed by atoms with Crippen LogP contribution in [-0.4, -0.2) is 18.4 Å². The molecule has 0 amide bonds. The highest BCUT2D eigenvalue weighted by Gasteiger charge is 2.51. The number of halogens is 2. The third kappa shape index (κ3) is 4.19. The van der Waals surface area contributed by atoms with Gasteiger partial charge in [0.1, 0.15) is 11.2 Å². The van der Waals surface area contributed by atoms with Crippen molar-refractivity contribution < 1.29 is 14.3 Å². The fourth-order valence-electron chi connectivity index (χ4n) is 5.42. The van der Waals surface area contributed by atoms with Crippen molar-refractivity contribution in [2.24, 2.45) is 5.41 Å². The van der Waals surface area contributed by atoms with Gasteiger partial charge < -0.3 is 4.74 Å². The average Bonchev–Trinajstić information content (AvgIpc) is 3.30. The molecule has 1 aliphatic rings. The van der Waals surface area contributed by atoms with E-state index in [1.807, 2.05) is 60.7 Å². The summed E-state index contributed by atoms with van der Waals surface area (Å²) in [6.45, 7) is 3.38. The Morgan fingerprint density at radius 3 is 1.84 bits per heavy atom. The zero-order chi connectivity index (χ0) is 26.3. The van der Waals surface area contributed by atoms with Gasteiger partial charge in [-0.2, -0.15) is 5.26 Å². The van der Waals surface area contributed by atoms with E-state index in [0.29, 0.717) is 15.6 Å². The third-order valence-corrected chi connectivity index (χ3v) is 7.72. The number of hydrogen-bond donors (Lipinski definition) is 0. The average molecular weight is 528 g/mol. The fourth-order valence-corrected chi connectivity index (χ4v) is 5.67. The van der Waals surface area contributed by atoms with E-state index in [1.54, 1.807) is 13.0 Å². The lowest BCUT2D eigenvalue weighted by molar-refractivity contribution is -0.159. The molecule has 0 N–H and O–H groups in total. The molecule has 0 fully saturated rings. The summed E-state index contributed by atoms with van der Waals surface area (Å²) in [5.74, 6) is -0.738. The highest BCUT2D eigenvalue weighted by atomic mass is 35.5. The van der Waals surface area contributed by atoms with Crippen LogP contribution in [0.4, 0.5) is 0 Å². The van der Waals surface area contributed by atoms with Gasteiger partial charge in [0, 0.05) is 10.0 Å². The normalized spacial score (nSPS) is 16.3. The number of nitrogens with zero attached hydrogens (tertiary/aromatic N) is 1. The van der Waals surface area contributed by atoms with E-state index in [-0.39, 0.29) is 25.2 Å². The van der Waals surface area contributed by atoms with E-state index in [9.17, 15) is 14.9 Å². The summed E-state index contributed by atoms with van der Waals surface area (Å²) in [5, 5.41) is 12.7. The van der Waals surface area contributed by atoms with Gasteiger partial charge in [-0.05, 0) is 107 Å². The van der Waals surface area contributed by atoms with Crippen molar-refractivity contribution in [3.8, 4) is 28.3 Å². The quantitative estimate of drug-likeness (QED) is 0.198. The summed E-state index contributed by atoms with van der Waals surface area (Å²) in [6, 6.07) is 22.9. The molecule has 6 heteroatoms. The van der Waals surface area contributed by atoms with Gasteiger partial charge in [0.15, 0.2) is 0 Å². The van der Waals surface area contributed by atoms with Crippen LogP contribution in [0.3, 0.4) is 0 Å². The summed E-state index contributed by atoms with van der Waals surface area (Å²) in [5.41, 5.74) is 4.65. The van der Waals surface area contributed by atoms with Crippen LogP contribution in [0.1, 0.15) is 30.5 Å². The van der Waals surface area contributed by atoms with Crippen molar-refractivity contribution in [1.29, 1.82) is 5.26 Å². The van der Waals surface area contributed by atoms with E-state index in [4.69, 9.17) is 27.9 Å². The molecule has 37 heavy (non-hydrogen) atoms. The van der Waals surface area contributed by atoms with Crippen LogP contribution in [0.5, 0.6) is 0 Å². The molecule has 0 spiro atoms. The molecule has 0 radical (unpaired) electrons. The Bertz CT molecular complexity index is 1600. The second-order valence-corrected chi connectivity index (χ2v) is 10.2.